The number of carbonyl (C=O) groups is 1. The van der Waals surface area contributed by atoms with Gasteiger partial charge in [0.1, 0.15) is 0 Å². The Morgan fingerprint density at radius 3 is 2.88 bits per heavy atom. The fourth-order valence-corrected chi connectivity index (χ4v) is 1.95. The maximum absolute atomic E-state index is 11.9. The molecule has 0 aromatic carbocycles. The van der Waals surface area contributed by atoms with E-state index in [0.29, 0.717) is 13.1 Å². The Morgan fingerprint density at radius 2 is 2.24 bits per heavy atom. The van der Waals surface area contributed by atoms with Crippen molar-refractivity contribution >= 4 is 26.4 Å². The second kappa shape index (κ2) is 4.24. The van der Waals surface area contributed by atoms with Crippen LogP contribution in [-0.2, 0) is 17.7 Å². The summed E-state index contributed by atoms with van der Waals surface area (Å²) in [6.07, 6.45) is 0.573. The summed E-state index contributed by atoms with van der Waals surface area (Å²) in [5, 5.41) is 0. The van der Waals surface area contributed by atoms with Crippen LogP contribution in [0.2, 0.25) is 0 Å². The van der Waals surface area contributed by atoms with E-state index in [1.807, 2.05) is 35.5 Å². The molecule has 1 aliphatic heterocycles. The van der Waals surface area contributed by atoms with Gasteiger partial charge in [0.05, 0.1) is 0 Å². The molecule has 0 spiro atoms. The van der Waals surface area contributed by atoms with Gasteiger partial charge in [-0.2, -0.15) is 0 Å². The van der Waals surface area contributed by atoms with Crippen LogP contribution in [0.1, 0.15) is 32.0 Å². The summed E-state index contributed by atoms with van der Waals surface area (Å²) in [4.78, 5) is 13.6. The number of ether oxygens (including phenoxy) is 1. The monoisotopic (exact) mass is 233 g/mol. The molecule has 0 saturated carbocycles. The zero-order valence-corrected chi connectivity index (χ0v) is 10.9. The Hall–Kier alpha value is -1.19. The van der Waals surface area contributed by atoms with E-state index in [2.05, 4.69) is 0 Å². The van der Waals surface area contributed by atoms with Gasteiger partial charge in [0.25, 0.3) is 0 Å². The summed E-state index contributed by atoms with van der Waals surface area (Å²) in [5.74, 6) is 0.889. The molecule has 4 nitrogen and oxygen atoms in total. The molecular formula is C11H17B2NO3. The standard InChI is InChI=1S/C11H17B2NO3/c1-11(2,3)17-10(15)14-5-4-7-8(6-14)16-9(12)13-7/h4-6,12H2,1-3H3. The fraction of sp³-hybridized carbons (Fsp3) is 0.636. The molecule has 1 amide bonds. The molecule has 0 radical (unpaired) electrons. The SMILES string of the molecule is Bc1bc2c(o1)CN(C(=O)OC(C)(C)C)CC2. The zero-order chi connectivity index (χ0) is 12.6. The van der Waals surface area contributed by atoms with Gasteiger partial charge in [0, 0.05) is 0 Å². The molecule has 0 fully saturated rings. The minimum atomic E-state index is -0.448. The van der Waals surface area contributed by atoms with E-state index in [0.717, 1.165) is 17.7 Å². The molecule has 2 rings (SSSR count). The van der Waals surface area contributed by atoms with Crippen LogP contribution in [0.5, 0.6) is 0 Å². The molecule has 0 aliphatic carbocycles. The van der Waals surface area contributed by atoms with E-state index >= 15 is 0 Å². The van der Waals surface area contributed by atoms with Crippen molar-refractivity contribution in [2.24, 2.45) is 0 Å². The Balaban J connectivity index is 2.05. The number of fused-ring (bicyclic) bond motifs is 1. The number of hydrogen-bond donors (Lipinski definition) is 0. The summed E-state index contributed by atoms with van der Waals surface area (Å²) in [6.45, 7) is 8.87. The summed E-state index contributed by atoms with van der Waals surface area (Å²) in [5.41, 5.74) is 1.67. The second-order valence-electron chi connectivity index (χ2n) is 5.46. The fourth-order valence-electron chi connectivity index (χ4n) is 1.95. The van der Waals surface area contributed by atoms with Crippen molar-refractivity contribution in [2.45, 2.75) is 39.3 Å². The second-order valence-corrected chi connectivity index (χ2v) is 5.46. The van der Waals surface area contributed by atoms with Gasteiger partial charge in [0.15, 0.2) is 0 Å². The number of hydrogen-bond acceptors (Lipinski definition) is 3. The first kappa shape index (κ1) is 12.3. The van der Waals surface area contributed by atoms with Crippen molar-refractivity contribution in [1.82, 2.24) is 4.90 Å². The molecule has 1 aromatic heterocycles. The van der Waals surface area contributed by atoms with E-state index in [1.54, 1.807) is 4.90 Å². The van der Waals surface area contributed by atoms with Crippen LogP contribution in [-0.4, -0.2) is 37.9 Å². The van der Waals surface area contributed by atoms with Crippen molar-refractivity contribution < 1.29 is 13.9 Å². The molecule has 2 heterocycles. The molecule has 0 unspecified atom stereocenters. The van der Waals surface area contributed by atoms with E-state index in [9.17, 15) is 4.79 Å². The molecule has 1 aliphatic rings. The van der Waals surface area contributed by atoms with Crippen molar-refractivity contribution in [3.05, 3.63) is 11.2 Å². The minimum absolute atomic E-state index is 0.266. The molecule has 0 bridgehead atoms. The Kier molecular flexibility index (Phi) is 3.06. The third kappa shape index (κ3) is 2.93. The molecule has 0 N–H and O–H groups in total. The molecule has 0 atom stereocenters. The van der Waals surface area contributed by atoms with Crippen molar-refractivity contribution in [3.63, 3.8) is 0 Å². The summed E-state index contributed by atoms with van der Waals surface area (Å²) in [7, 11) is 1.93. The van der Waals surface area contributed by atoms with Gasteiger partial charge in [-0.15, -0.1) is 0 Å². The van der Waals surface area contributed by atoms with E-state index in [4.69, 9.17) is 9.15 Å². The Bertz CT molecular complexity index is 436. The van der Waals surface area contributed by atoms with Gasteiger partial charge in [-0.1, -0.05) is 0 Å². The number of nitrogens with zero attached hydrogens (tertiary/aromatic N) is 1. The first-order valence-electron chi connectivity index (χ1n) is 5.91. The molecule has 17 heavy (non-hydrogen) atoms. The first-order valence-corrected chi connectivity index (χ1v) is 5.91. The van der Waals surface area contributed by atoms with E-state index < -0.39 is 5.60 Å². The number of rotatable bonds is 0. The molecule has 90 valence electrons. The molecule has 1 aromatic rings. The topological polar surface area (TPSA) is 42.7 Å². The average Bonchev–Trinajstić information content (AvgIpc) is 2.53. The van der Waals surface area contributed by atoms with Crippen molar-refractivity contribution in [3.8, 4) is 0 Å². The maximum atomic E-state index is 11.9. The van der Waals surface area contributed by atoms with Gasteiger partial charge < -0.3 is 0 Å². The summed E-state index contributed by atoms with van der Waals surface area (Å²) in [6, 6.07) is 0. The number of carbonyl (C=O) groups excluding carboxylic acids is 1. The van der Waals surface area contributed by atoms with Crippen molar-refractivity contribution in [1.29, 1.82) is 0 Å². The van der Waals surface area contributed by atoms with Gasteiger partial charge in [0.2, 0.25) is 0 Å². The van der Waals surface area contributed by atoms with E-state index in [-0.39, 0.29) is 6.09 Å². The van der Waals surface area contributed by atoms with Crippen LogP contribution in [0.25, 0.3) is 0 Å². The number of amides is 1. The Labute approximate surface area is 103 Å². The quantitative estimate of drug-likeness (QED) is 0.599. The third-order valence-corrected chi connectivity index (χ3v) is 2.66. The summed E-state index contributed by atoms with van der Waals surface area (Å²) < 4.78 is 10.9. The van der Waals surface area contributed by atoms with Gasteiger partial charge >= 0.3 is 102 Å². The normalized spacial score (nSPS) is 15.4. The van der Waals surface area contributed by atoms with E-state index in [1.165, 1.54) is 5.46 Å². The molecular weight excluding hydrogens is 216 g/mol. The predicted molar refractivity (Wildman–Crippen MR) is 68.6 cm³/mol. The first-order chi connectivity index (χ1) is 7.85. The van der Waals surface area contributed by atoms with Crippen LogP contribution < -0.4 is 5.55 Å². The van der Waals surface area contributed by atoms with Gasteiger partial charge in [-0.05, 0) is 0 Å². The molecule has 0 saturated heterocycles. The van der Waals surface area contributed by atoms with Crippen molar-refractivity contribution in [2.75, 3.05) is 6.54 Å². The third-order valence-electron chi connectivity index (χ3n) is 2.66. The van der Waals surface area contributed by atoms with Crippen LogP contribution in [0, 0.1) is 0 Å². The zero-order valence-electron chi connectivity index (χ0n) is 10.9. The van der Waals surface area contributed by atoms with Gasteiger partial charge in [-0.25, -0.2) is 0 Å². The average molecular weight is 233 g/mol. The predicted octanol–water partition coefficient (Wildman–Crippen LogP) is 0.169. The van der Waals surface area contributed by atoms with Crippen LogP contribution >= 0.6 is 0 Å². The van der Waals surface area contributed by atoms with Crippen LogP contribution in [0.4, 0.5) is 4.79 Å². The summed E-state index contributed by atoms with van der Waals surface area (Å²) >= 11 is 0. The Morgan fingerprint density at radius 1 is 1.53 bits per heavy atom. The van der Waals surface area contributed by atoms with Gasteiger partial charge in [-0.3, -0.25) is 0 Å². The van der Waals surface area contributed by atoms with Crippen LogP contribution in [0.3, 0.4) is 0 Å². The van der Waals surface area contributed by atoms with Crippen LogP contribution in [0.15, 0.2) is 4.42 Å². The molecule has 6 heteroatoms.